The van der Waals surface area contributed by atoms with Crippen LogP contribution >= 0.6 is 0 Å². The lowest BCUT2D eigenvalue weighted by Gasteiger charge is -2.34. The average Bonchev–Trinajstić information content (AvgIpc) is 2.87. The Labute approximate surface area is 218 Å². The van der Waals surface area contributed by atoms with Crippen molar-refractivity contribution in [1.29, 1.82) is 0 Å². The first-order valence-electron chi connectivity index (χ1n) is 12.8. The number of benzene rings is 1. The number of hydrogen-bond donors (Lipinski definition) is 1. The summed E-state index contributed by atoms with van der Waals surface area (Å²) < 4.78 is 43.7. The van der Waals surface area contributed by atoms with Crippen molar-refractivity contribution in [1.82, 2.24) is 14.8 Å². The van der Waals surface area contributed by atoms with Crippen molar-refractivity contribution in [3.05, 3.63) is 48.3 Å². The van der Waals surface area contributed by atoms with E-state index in [4.69, 9.17) is 4.74 Å². The van der Waals surface area contributed by atoms with Gasteiger partial charge in [-0.3, -0.25) is 14.7 Å². The topological polar surface area (TPSA) is 100 Å². The van der Waals surface area contributed by atoms with E-state index in [1.54, 1.807) is 17.2 Å². The van der Waals surface area contributed by atoms with Gasteiger partial charge in [0.05, 0.1) is 12.7 Å². The van der Waals surface area contributed by atoms with Gasteiger partial charge < -0.3 is 14.7 Å². The van der Waals surface area contributed by atoms with Crippen LogP contribution in [-0.2, 0) is 9.84 Å². The molecule has 3 heterocycles. The summed E-state index contributed by atoms with van der Waals surface area (Å²) >= 11 is 0. The van der Waals surface area contributed by atoms with Gasteiger partial charge in [0.15, 0.2) is 9.84 Å². The number of aromatic nitrogens is 1. The number of nitrogens with zero attached hydrogens (tertiary/aromatic N) is 3. The van der Waals surface area contributed by atoms with Crippen LogP contribution in [0.3, 0.4) is 0 Å². The van der Waals surface area contributed by atoms with Crippen LogP contribution in [0.5, 0.6) is 5.75 Å². The standard InChI is InChI=1S/C27H36FN3O5S/c1-27(28,37(2,34)35)19-30-14-11-20(12-15-30)18-36-24-8-5-21(6-9-24)22-7-10-25(29-16-22)26(33)31-13-3-4-23(32)17-31/h5-10,16,20,23,32H,3-4,11-15,17-19H2,1-2H3/t23-,27?/m1/s1. The molecule has 4 rings (SSSR count). The Bertz CT molecular complexity index is 1160. The SMILES string of the molecule is CC(F)(CN1CCC(COc2ccc(-c3ccc(C(=O)N4CCC[C@@H](O)C4)nc3)cc2)CC1)S(C)(=O)=O. The van der Waals surface area contributed by atoms with Gasteiger partial charge in [0.2, 0.25) is 5.00 Å². The van der Waals surface area contributed by atoms with Crippen molar-refractivity contribution in [2.75, 3.05) is 45.6 Å². The van der Waals surface area contributed by atoms with Crippen LogP contribution in [0.4, 0.5) is 4.39 Å². The van der Waals surface area contributed by atoms with E-state index in [-0.39, 0.29) is 12.5 Å². The van der Waals surface area contributed by atoms with E-state index in [0.717, 1.165) is 55.7 Å². The highest BCUT2D eigenvalue weighted by atomic mass is 32.2. The smallest absolute Gasteiger partial charge is 0.272 e. The Morgan fingerprint density at radius 3 is 2.38 bits per heavy atom. The maximum atomic E-state index is 14.5. The van der Waals surface area contributed by atoms with E-state index in [2.05, 4.69) is 4.98 Å². The summed E-state index contributed by atoms with van der Waals surface area (Å²) in [4.78, 5) is 20.5. The second-order valence-corrected chi connectivity index (χ2v) is 12.8. The fourth-order valence-electron chi connectivity index (χ4n) is 4.78. The molecule has 2 fully saturated rings. The lowest BCUT2D eigenvalue weighted by molar-refractivity contribution is 0.0469. The highest BCUT2D eigenvalue weighted by Gasteiger charge is 2.38. The molecule has 2 aliphatic heterocycles. The van der Waals surface area contributed by atoms with Gasteiger partial charge in [0, 0.05) is 37.7 Å². The van der Waals surface area contributed by atoms with Crippen LogP contribution in [-0.4, -0.2) is 90.9 Å². The Hall–Kier alpha value is -2.56. The second-order valence-electron chi connectivity index (χ2n) is 10.4. The second kappa shape index (κ2) is 11.4. The number of aliphatic hydroxyl groups is 1. The van der Waals surface area contributed by atoms with Crippen LogP contribution in [0.15, 0.2) is 42.6 Å². The molecule has 1 aromatic carbocycles. The van der Waals surface area contributed by atoms with Crippen LogP contribution in [0.2, 0.25) is 0 Å². The number of piperidine rings is 2. The first-order valence-corrected chi connectivity index (χ1v) is 14.7. The Morgan fingerprint density at radius 2 is 1.78 bits per heavy atom. The molecule has 0 radical (unpaired) electrons. The molecule has 0 saturated carbocycles. The fourth-order valence-corrected chi connectivity index (χ4v) is 5.19. The van der Waals surface area contributed by atoms with Gasteiger partial charge in [-0.1, -0.05) is 18.2 Å². The third-order valence-corrected chi connectivity index (χ3v) is 9.00. The number of likely N-dealkylation sites (tertiary alicyclic amines) is 2. The van der Waals surface area contributed by atoms with Crippen molar-refractivity contribution in [2.24, 2.45) is 5.92 Å². The molecular weight excluding hydrogens is 497 g/mol. The Kier molecular flexibility index (Phi) is 8.50. The number of halogens is 1. The van der Waals surface area contributed by atoms with E-state index >= 15 is 0 Å². The van der Waals surface area contributed by atoms with Gasteiger partial charge in [-0.05, 0) is 75.4 Å². The van der Waals surface area contributed by atoms with Crippen LogP contribution in [0, 0.1) is 5.92 Å². The minimum atomic E-state index is -3.76. The molecule has 2 saturated heterocycles. The van der Waals surface area contributed by atoms with Crippen LogP contribution in [0.25, 0.3) is 11.1 Å². The largest absolute Gasteiger partial charge is 0.493 e. The summed E-state index contributed by atoms with van der Waals surface area (Å²) in [5, 5.41) is 7.58. The summed E-state index contributed by atoms with van der Waals surface area (Å²) in [5.74, 6) is 0.923. The third kappa shape index (κ3) is 7.06. The summed E-state index contributed by atoms with van der Waals surface area (Å²) in [6.45, 7) is 3.86. The molecule has 10 heteroatoms. The number of pyridine rings is 1. The molecule has 1 aromatic heterocycles. The number of carbonyl (C=O) groups is 1. The maximum absolute atomic E-state index is 14.5. The van der Waals surface area contributed by atoms with Gasteiger partial charge >= 0.3 is 0 Å². The summed E-state index contributed by atoms with van der Waals surface area (Å²) in [7, 11) is -3.76. The molecule has 1 N–H and O–H groups in total. The van der Waals surface area contributed by atoms with Crippen molar-refractivity contribution >= 4 is 15.7 Å². The zero-order valence-corrected chi connectivity index (χ0v) is 22.3. The van der Waals surface area contributed by atoms with Gasteiger partial charge in [-0.15, -0.1) is 0 Å². The van der Waals surface area contributed by atoms with Crippen LogP contribution in [0.1, 0.15) is 43.1 Å². The molecule has 2 aliphatic rings. The third-order valence-electron chi connectivity index (χ3n) is 7.33. The molecular formula is C27H36FN3O5S. The zero-order valence-electron chi connectivity index (χ0n) is 21.5. The number of sulfone groups is 1. The van der Waals surface area contributed by atoms with E-state index in [1.165, 1.54) is 0 Å². The minimum Gasteiger partial charge on any atom is -0.493 e. The van der Waals surface area contributed by atoms with Crippen molar-refractivity contribution in [3.63, 3.8) is 0 Å². The molecule has 0 aliphatic carbocycles. The van der Waals surface area contributed by atoms with Gasteiger partial charge in [-0.2, -0.15) is 0 Å². The maximum Gasteiger partial charge on any atom is 0.272 e. The summed E-state index contributed by atoms with van der Waals surface area (Å²) in [6.07, 6.45) is 5.32. The Morgan fingerprint density at radius 1 is 1.11 bits per heavy atom. The Balaban J connectivity index is 1.25. The predicted molar refractivity (Wildman–Crippen MR) is 140 cm³/mol. The van der Waals surface area contributed by atoms with Crippen molar-refractivity contribution in [3.8, 4) is 16.9 Å². The number of alkyl halides is 1. The molecule has 8 nitrogen and oxygen atoms in total. The zero-order chi connectivity index (χ0) is 26.6. The molecule has 0 spiro atoms. The molecule has 2 aromatic rings. The first kappa shape index (κ1) is 27.5. The van der Waals surface area contributed by atoms with E-state index < -0.39 is 20.9 Å². The highest BCUT2D eigenvalue weighted by Crippen LogP contribution is 2.26. The highest BCUT2D eigenvalue weighted by molar-refractivity contribution is 7.91. The van der Waals surface area contributed by atoms with E-state index in [0.29, 0.717) is 44.4 Å². The molecule has 202 valence electrons. The number of rotatable bonds is 8. The lowest BCUT2D eigenvalue weighted by atomic mass is 9.97. The van der Waals surface area contributed by atoms with Crippen molar-refractivity contribution < 1.29 is 27.4 Å². The minimum absolute atomic E-state index is 0.105. The molecule has 37 heavy (non-hydrogen) atoms. The van der Waals surface area contributed by atoms with Gasteiger partial charge in [0.1, 0.15) is 11.4 Å². The van der Waals surface area contributed by atoms with E-state index in [1.807, 2.05) is 35.2 Å². The van der Waals surface area contributed by atoms with Gasteiger partial charge in [0.25, 0.3) is 5.91 Å². The average molecular weight is 534 g/mol. The number of ether oxygens (including phenoxy) is 1. The fraction of sp³-hybridized carbons (Fsp3) is 0.556. The molecule has 1 amide bonds. The number of hydrogen-bond acceptors (Lipinski definition) is 7. The lowest BCUT2D eigenvalue weighted by Crippen LogP contribution is -2.46. The number of β-amino-alcohol motifs (C(OH)–C–C–N with tert-alkyl or cyclic N) is 1. The monoisotopic (exact) mass is 533 g/mol. The normalized spacial score (nSPS) is 21.4. The van der Waals surface area contributed by atoms with Crippen molar-refractivity contribution in [2.45, 2.75) is 43.7 Å². The summed E-state index contributed by atoms with van der Waals surface area (Å²) in [6, 6.07) is 11.3. The van der Waals surface area contributed by atoms with Gasteiger partial charge in [-0.25, -0.2) is 12.8 Å². The molecule has 1 unspecified atom stereocenters. The number of carbonyl (C=O) groups excluding carboxylic acids is 1. The van der Waals surface area contributed by atoms with Crippen LogP contribution < -0.4 is 4.74 Å². The number of amides is 1. The first-order chi connectivity index (χ1) is 17.5. The quantitative estimate of drug-likeness (QED) is 0.556. The number of aliphatic hydroxyl groups excluding tert-OH is 1. The predicted octanol–water partition coefficient (Wildman–Crippen LogP) is 3.17. The molecule has 2 atom stereocenters. The van der Waals surface area contributed by atoms with E-state index in [9.17, 15) is 22.7 Å². The molecule has 0 bridgehead atoms. The summed E-state index contributed by atoms with van der Waals surface area (Å²) in [5.41, 5.74) is 2.22.